The van der Waals surface area contributed by atoms with E-state index in [-0.39, 0.29) is 11.8 Å². The molecule has 2 nitrogen and oxygen atoms in total. The van der Waals surface area contributed by atoms with Crippen molar-refractivity contribution < 1.29 is 4.79 Å². The molecule has 2 N–H and O–H groups in total. The van der Waals surface area contributed by atoms with Crippen molar-refractivity contribution in [2.75, 3.05) is 0 Å². The second-order valence-electron chi connectivity index (χ2n) is 5.90. The van der Waals surface area contributed by atoms with Crippen molar-refractivity contribution in [3.05, 3.63) is 0 Å². The van der Waals surface area contributed by atoms with Crippen molar-refractivity contribution in [2.45, 2.75) is 58.3 Å². The molecule has 0 spiro atoms. The Morgan fingerprint density at radius 1 is 1.12 bits per heavy atom. The fourth-order valence-corrected chi connectivity index (χ4v) is 3.92. The predicted octanol–water partition coefficient (Wildman–Crippen LogP) is 3.10. The Balaban J connectivity index is 1.87. The molecule has 1 amide bonds. The summed E-state index contributed by atoms with van der Waals surface area (Å²) < 4.78 is 0. The maximum absolute atomic E-state index is 11.2. The average molecular weight is 223 g/mol. The van der Waals surface area contributed by atoms with E-state index in [1.165, 1.54) is 38.5 Å². The van der Waals surface area contributed by atoms with Gasteiger partial charge in [0, 0.05) is 5.92 Å². The molecule has 2 heteroatoms. The first kappa shape index (κ1) is 11.9. The lowest BCUT2D eigenvalue weighted by molar-refractivity contribution is -0.124. The maximum Gasteiger partial charge on any atom is 0.220 e. The Bertz CT molecular complexity index is 251. The van der Waals surface area contributed by atoms with Gasteiger partial charge in [0.05, 0.1) is 0 Å². The molecule has 4 atom stereocenters. The van der Waals surface area contributed by atoms with Gasteiger partial charge in [0.15, 0.2) is 0 Å². The van der Waals surface area contributed by atoms with Gasteiger partial charge in [-0.3, -0.25) is 4.79 Å². The highest BCUT2D eigenvalue weighted by Gasteiger charge is 2.36. The smallest absolute Gasteiger partial charge is 0.220 e. The largest absolute Gasteiger partial charge is 0.369 e. The lowest BCUT2D eigenvalue weighted by Crippen LogP contribution is -2.36. The van der Waals surface area contributed by atoms with Gasteiger partial charge in [0.1, 0.15) is 0 Å². The molecule has 16 heavy (non-hydrogen) atoms. The molecule has 0 saturated heterocycles. The van der Waals surface area contributed by atoms with Crippen LogP contribution in [0.15, 0.2) is 0 Å². The molecule has 2 saturated carbocycles. The lowest BCUT2D eigenvalue weighted by atomic mass is 9.64. The zero-order valence-electron chi connectivity index (χ0n) is 10.5. The third-order valence-corrected chi connectivity index (χ3v) is 4.82. The molecular formula is C14H25NO. The van der Waals surface area contributed by atoms with Crippen LogP contribution in [0.3, 0.4) is 0 Å². The van der Waals surface area contributed by atoms with E-state index in [9.17, 15) is 4.79 Å². The first-order valence-electron chi connectivity index (χ1n) is 7.00. The van der Waals surface area contributed by atoms with Crippen molar-refractivity contribution in [2.24, 2.45) is 29.4 Å². The van der Waals surface area contributed by atoms with Gasteiger partial charge in [-0.15, -0.1) is 0 Å². The molecule has 0 radical (unpaired) electrons. The molecule has 0 heterocycles. The summed E-state index contributed by atoms with van der Waals surface area (Å²) in [6.45, 7) is 2.29. The molecule has 2 aliphatic carbocycles. The topological polar surface area (TPSA) is 43.1 Å². The van der Waals surface area contributed by atoms with Crippen LogP contribution >= 0.6 is 0 Å². The van der Waals surface area contributed by atoms with Gasteiger partial charge in [-0.2, -0.15) is 0 Å². The first-order valence-corrected chi connectivity index (χ1v) is 7.00. The molecule has 0 aliphatic heterocycles. The molecule has 2 aliphatic rings. The number of primary amides is 1. The number of nitrogens with two attached hydrogens (primary N) is 1. The highest BCUT2D eigenvalue weighted by Crippen LogP contribution is 2.45. The number of fused-ring (bicyclic) bond motifs is 1. The van der Waals surface area contributed by atoms with Crippen LogP contribution in [0.25, 0.3) is 0 Å². The van der Waals surface area contributed by atoms with Crippen LogP contribution in [0.4, 0.5) is 0 Å². The summed E-state index contributed by atoms with van der Waals surface area (Å²) in [7, 11) is 0. The number of carbonyl (C=O) groups excluding carboxylic acids is 1. The lowest BCUT2D eigenvalue weighted by Gasteiger charge is -2.41. The molecule has 0 aromatic rings. The molecule has 0 bridgehead atoms. The molecule has 2 rings (SSSR count). The van der Waals surface area contributed by atoms with E-state index in [4.69, 9.17) is 5.73 Å². The predicted molar refractivity (Wildman–Crippen MR) is 65.8 cm³/mol. The minimum atomic E-state index is -0.0610. The SMILES string of the molecule is CCCC1CCC2C[C@H](C(N)=O)CC[C@H]2C1. The average Bonchev–Trinajstić information content (AvgIpc) is 2.28. The highest BCUT2D eigenvalue weighted by atomic mass is 16.1. The van der Waals surface area contributed by atoms with Gasteiger partial charge in [0.2, 0.25) is 5.91 Å². The van der Waals surface area contributed by atoms with Crippen molar-refractivity contribution in [3.8, 4) is 0 Å². The van der Waals surface area contributed by atoms with Crippen molar-refractivity contribution in [1.29, 1.82) is 0 Å². The second kappa shape index (κ2) is 5.20. The van der Waals surface area contributed by atoms with Gasteiger partial charge in [-0.25, -0.2) is 0 Å². The molecule has 2 fully saturated rings. The monoisotopic (exact) mass is 223 g/mol. The van der Waals surface area contributed by atoms with Gasteiger partial charge < -0.3 is 5.73 Å². The summed E-state index contributed by atoms with van der Waals surface area (Å²) in [4.78, 5) is 11.2. The number of hydrogen-bond donors (Lipinski definition) is 1. The first-order chi connectivity index (χ1) is 7.70. The van der Waals surface area contributed by atoms with Crippen LogP contribution in [-0.4, -0.2) is 5.91 Å². The van der Waals surface area contributed by atoms with E-state index < -0.39 is 0 Å². The van der Waals surface area contributed by atoms with Gasteiger partial charge in [-0.1, -0.05) is 26.2 Å². The van der Waals surface area contributed by atoms with Crippen molar-refractivity contribution in [3.63, 3.8) is 0 Å². The maximum atomic E-state index is 11.2. The van der Waals surface area contributed by atoms with Crippen molar-refractivity contribution in [1.82, 2.24) is 0 Å². The number of amides is 1. The Morgan fingerprint density at radius 3 is 2.50 bits per heavy atom. The van der Waals surface area contributed by atoms with Crippen LogP contribution in [0.1, 0.15) is 58.3 Å². The van der Waals surface area contributed by atoms with E-state index in [1.807, 2.05) is 0 Å². The molecule has 0 aromatic carbocycles. The molecular weight excluding hydrogens is 198 g/mol. The summed E-state index contributed by atoms with van der Waals surface area (Å²) in [5.74, 6) is 2.80. The van der Waals surface area contributed by atoms with Gasteiger partial charge in [0.25, 0.3) is 0 Å². The van der Waals surface area contributed by atoms with Crippen molar-refractivity contribution >= 4 is 5.91 Å². The van der Waals surface area contributed by atoms with Gasteiger partial charge in [-0.05, 0) is 49.9 Å². The second-order valence-corrected chi connectivity index (χ2v) is 5.90. The van der Waals surface area contributed by atoms with Crippen LogP contribution in [-0.2, 0) is 4.79 Å². The van der Waals surface area contributed by atoms with E-state index >= 15 is 0 Å². The Morgan fingerprint density at radius 2 is 1.81 bits per heavy atom. The Hall–Kier alpha value is -0.530. The summed E-state index contributed by atoms with van der Waals surface area (Å²) >= 11 is 0. The molecule has 2 unspecified atom stereocenters. The zero-order chi connectivity index (χ0) is 11.5. The summed E-state index contributed by atoms with van der Waals surface area (Å²) in [5, 5.41) is 0. The van der Waals surface area contributed by atoms with Gasteiger partial charge >= 0.3 is 0 Å². The van der Waals surface area contributed by atoms with Crippen LogP contribution in [0.5, 0.6) is 0 Å². The summed E-state index contributed by atoms with van der Waals surface area (Å²) in [6.07, 6.45) is 10.3. The zero-order valence-corrected chi connectivity index (χ0v) is 10.5. The van der Waals surface area contributed by atoms with Crippen LogP contribution < -0.4 is 5.73 Å². The fourth-order valence-electron chi connectivity index (χ4n) is 3.92. The third-order valence-electron chi connectivity index (χ3n) is 4.82. The Labute approximate surface area is 99.0 Å². The standard InChI is InChI=1S/C14H25NO/c1-2-3-10-4-5-12-9-13(14(15)16)7-6-11(12)8-10/h10-13H,2-9H2,1H3,(H2,15,16)/t10?,11-,12?,13+/m0/s1. The number of carbonyl (C=O) groups is 1. The van der Waals surface area contributed by atoms with E-state index in [2.05, 4.69) is 6.92 Å². The Kier molecular flexibility index (Phi) is 3.88. The summed E-state index contributed by atoms with van der Waals surface area (Å²) in [6, 6.07) is 0. The van der Waals surface area contributed by atoms with E-state index in [0.29, 0.717) is 0 Å². The number of hydrogen-bond acceptors (Lipinski definition) is 1. The van der Waals surface area contributed by atoms with Crippen LogP contribution in [0.2, 0.25) is 0 Å². The normalized spacial score (nSPS) is 39.1. The number of rotatable bonds is 3. The molecule has 0 aromatic heterocycles. The van der Waals surface area contributed by atoms with E-state index in [0.717, 1.165) is 30.6 Å². The minimum Gasteiger partial charge on any atom is -0.369 e. The molecule has 92 valence electrons. The third kappa shape index (κ3) is 2.58. The highest BCUT2D eigenvalue weighted by molar-refractivity contribution is 5.76. The minimum absolute atomic E-state index is 0.0610. The quantitative estimate of drug-likeness (QED) is 0.785. The summed E-state index contributed by atoms with van der Waals surface area (Å²) in [5.41, 5.74) is 5.43. The van der Waals surface area contributed by atoms with Crippen LogP contribution in [0, 0.1) is 23.7 Å². The fraction of sp³-hybridized carbons (Fsp3) is 0.929. The van der Waals surface area contributed by atoms with E-state index in [1.54, 1.807) is 0 Å².